The van der Waals surface area contributed by atoms with Gasteiger partial charge in [0.2, 0.25) is 10.0 Å². The fourth-order valence-electron chi connectivity index (χ4n) is 1.95. The molecule has 0 aliphatic carbocycles. The van der Waals surface area contributed by atoms with E-state index < -0.39 is 42.4 Å². The van der Waals surface area contributed by atoms with Crippen LogP contribution in [0.3, 0.4) is 0 Å². The fourth-order valence-corrected chi connectivity index (χ4v) is 3.72. The second-order valence-corrected chi connectivity index (χ2v) is 8.43. The van der Waals surface area contributed by atoms with Gasteiger partial charge in [0.15, 0.2) is 0 Å². The highest BCUT2D eigenvalue weighted by molar-refractivity contribution is 7.92. The Morgan fingerprint density at radius 1 is 0.960 bits per heavy atom. The molecule has 2 aromatic carbocycles. The molecule has 0 aromatic heterocycles. The molecular formula is C14H13F3N2O4S2. The maximum absolute atomic E-state index is 12.7. The predicted molar refractivity (Wildman–Crippen MR) is 85.5 cm³/mol. The van der Waals surface area contributed by atoms with Crippen molar-refractivity contribution in [2.75, 3.05) is 4.72 Å². The van der Waals surface area contributed by atoms with Crippen molar-refractivity contribution < 1.29 is 30.0 Å². The van der Waals surface area contributed by atoms with E-state index in [0.717, 1.165) is 18.2 Å². The van der Waals surface area contributed by atoms with Gasteiger partial charge in [0, 0.05) is 5.69 Å². The van der Waals surface area contributed by atoms with Crippen molar-refractivity contribution in [3.05, 3.63) is 59.7 Å². The molecule has 0 aliphatic heterocycles. The maximum Gasteiger partial charge on any atom is 0.416 e. The molecule has 0 saturated heterocycles. The van der Waals surface area contributed by atoms with Crippen LogP contribution in [-0.2, 0) is 32.0 Å². The first kappa shape index (κ1) is 19.2. The highest BCUT2D eigenvalue weighted by Crippen LogP contribution is 2.30. The Labute approximate surface area is 142 Å². The second kappa shape index (κ2) is 6.65. The zero-order chi connectivity index (χ0) is 18.9. The molecule has 6 nitrogen and oxygen atoms in total. The molecule has 2 rings (SSSR count). The number of sulfonamides is 2. The zero-order valence-electron chi connectivity index (χ0n) is 12.5. The molecule has 0 bridgehead atoms. The molecule has 0 saturated carbocycles. The van der Waals surface area contributed by atoms with E-state index in [1.54, 1.807) is 0 Å². The lowest BCUT2D eigenvalue weighted by Crippen LogP contribution is -2.15. The SMILES string of the molecule is NS(=O)(=O)Cc1ccc(NS(=O)(=O)c2cccc(C(F)(F)F)c2)cc1. The standard InChI is InChI=1S/C14H13F3N2O4S2/c15-14(16,17)11-2-1-3-13(8-11)25(22,23)19-12-6-4-10(5-7-12)9-24(18,20)21/h1-8,19H,9H2,(H2,18,20,21). The Bertz CT molecular complexity index is 970. The first-order chi connectivity index (χ1) is 11.4. The molecule has 0 atom stereocenters. The first-order valence-corrected chi connectivity index (χ1v) is 9.86. The Kier molecular flexibility index (Phi) is 5.11. The first-order valence-electron chi connectivity index (χ1n) is 6.66. The van der Waals surface area contributed by atoms with Crippen molar-refractivity contribution in [3.63, 3.8) is 0 Å². The van der Waals surface area contributed by atoms with E-state index in [1.165, 1.54) is 24.3 Å². The fraction of sp³-hybridized carbons (Fsp3) is 0.143. The topological polar surface area (TPSA) is 106 Å². The number of primary sulfonamides is 1. The van der Waals surface area contributed by atoms with Crippen LogP contribution < -0.4 is 9.86 Å². The summed E-state index contributed by atoms with van der Waals surface area (Å²) < 4.78 is 86.6. The van der Waals surface area contributed by atoms with E-state index in [0.29, 0.717) is 11.6 Å². The van der Waals surface area contributed by atoms with E-state index >= 15 is 0 Å². The van der Waals surface area contributed by atoms with Crippen molar-refractivity contribution in [1.29, 1.82) is 0 Å². The minimum atomic E-state index is -4.67. The smallest absolute Gasteiger partial charge is 0.280 e. The highest BCUT2D eigenvalue weighted by Gasteiger charge is 2.31. The number of anilines is 1. The van der Waals surface area contributed by atoms with Gasteiger partial charge >= 0.3 is 6.18 Å². The summed E-state index contributed by atoms with van der Waals surface area (Å²) in [4.78, 5) is -0.545. The summed E-state index contributed by atoms with van der Waals surface area (Å²) in [6.07, 6.45) is -4.67. The van der Waals surface area contributed by atoms with Crippen LogP contribution in [0, 0.1) is 0 Å². The summed E-state index contributed by atoms with van der Waals surface area (Å²) in [5, 5.41) is 4.90. The van der Waals surface area contributed by atoms with Gasteiger partial charge in [-0.15, -0.1) is 0 Å². The summed E-state index contributed by atoms with van der Waals surface area (Å²) >= 11 is 0. The zero-order valence-corrected chi connectivity index (χ0v) is 14.1. The molecule has 25 heavy (non-hydrogen) atoms. The number of hydrogen-bond donors (Lipinski definition) is 2. The lowest BCUT2D eigenvalue weighted by molar-refractivity contribution is -0.137. The second-order valence-electron chi connectivity index (χ2n) is 5.14. The third kappa shape index (κ3) is 5.44. The summed E-state index contributed by atoms with van der Waals surface area (Å²) in [5.74, 6) is -0.423. The van der Waals surface area contributed by atoms with Crippen molar-refractivity contribution >= 4 is 25.7 Å². The maximum atomic E-state index is 12.7. The van der Waals surface area contributed by atoms with Crippen LogP contribution in [0.1, 0.15) is 11.1 Å². The number of alkyl halides is 3. The van der Waals surface area contributed by atoms with Gasteiger partial charge < -0.3 is 0 Å². The van der Waals surface area contributed by atoms with Gasteiger partial charge in [-0.1, -0.05) is 18.2 Å². The van der Waals surface area contributed by atoms with Crippen LogP contribution in [0.15, 0.2) is 53.4 Å². The van der Waals surface area contributed by atoms with Gasteiger partial charge in [-0.2, -0.15) is 13.2 Å². The van der Waals surface area contributed by atoms with Gasteiger partial charge in [-0.25, -0.2) is 22.0 Å². The molecule has 0 spiro atoms. The molecule has 0 aliphatic rings. The number of hydrogen-bond acceptors (Lipinski definition) is 4. The molecule has 0 unspecified atom stereocenters. The van der Waals surface area contributed by atoms with Crippen LogP contribution in [0.25, 0.3) is 0 Å². The molecule has 0 radical (unpaired) electrons. The molecular weight excluding hydrogens is 381 g/mol. The largest absolute Gasteiger partial charge is 0.416 e. The van der Waals surface area contributed by atoms with Crippen LogP contribution in [0.2, 0.25) is 0 Å². The van der Waals surface area contributed by atoms with E-state index in [2.05, 4.69) is 4.72 Å². The van der Waals surface area contributed by atoms with Gasteiger partial charge in [0.05, 0.1) is 16.2 Å². The molecule has 2 aromatic rings. The predicted octanol–water partition coefficient (Wildman–Crippen LogP) is 2.29. The van der Waals surface area contributed by atoms with Gasteiger partial charge in [0.1, 0.15) is 0 Å². The van der Waals surface area contributed by atoms with E-state index in [1.807, 2.05) is 0 Å². The van der Waals surface area contributed by atoms with Crippen LogP contribution in [0.4, 0.5) is 18.9 Å². The molecule has 11 heteroatoms. The normalized spacial score (nSPS) is 12.8. The quantitative estimate of drug-likeness (QED) is 0.811. The van der Waals surface area contributed by atoms with Crippen molar-refractivity contribution in [2.45, 2.75) is 16.8 Å². The van der Waals surface area contributed by atoms with Crippen LogP contribution in [-0.4, -0.2) is 16.8 Å². The number of nitrogens with two attached hydrogens (primary N) is 1. The molecule has 0 amide bonds. The minimum absolute atomic E-state index is 0.0654. The third-order valence-corrected chi connectivity index (χ3v) is 5.16. The number of rotatable bonds is 5. The van der Waals surface area contributed by atoms with E-state index in [9.17, 15) is 30.0 Å². The lowest BCUT2D eigenvalue weighted by Gasteiger charge is -2.11. The minimum Gasteiger partial charge on any atom is -0.280 e. The average molecular weight is 394 g/mol. The van der Waals surface area contributed by atoms with Crippen molar-refractivity contribution in [2.24, 2.45) is 5.14 Å². The molecule has 0 heterocycles. The van der Waals surface area contributed by atoms with E-state index in [4.69, 9.17) is 5.14 Å². The average Bonchev–Trinajstić information content (AvgIpc) is 2.47. The lowest BCUT2D eigenvalue weighted by atomic mass is 10.2. The number of halogens is 3. The van der Waals surface area contributed by atoms with Crippen LogP contribution >= 0.6 is 0 Å². The summed E-state index contributed by atoms with van der Waals surface area (Å²) in [6.45, 7) is 0. The molecule has 136 valence electrons. The van der Waals surface area contributed by atoms with Gasteiger partial charge in [-0.05, 0) is 35.9 Å². The molecule has 3 N–H and O–H groups in total. The highest BCUT2D eigenvalue weighted by atomic mass is 32.2. The summed E-state index contributed by atoms with van der Waals surface area (Å²) in [7, 11) is -7.97. The number of nitrogens with one attached hydrogen (secondary N) is 1. The van der Waals surface area contributed by atoms with Crippen molar-refractivity contribution in [1.82, 2.24) is 0 Å². The monoisotopic (exact) mass is 394 g/mol. The Morgan fingerprint density at radius 3 is 2.08 bits per heavy atom. The third-order valence-electron chi connectivity index (χ3n) is 3.05. The Balaban J connectivity index is 2.24. The van der Waals surface area contributed by atoms with Crippen LogP contribution in [0.5, 0.6) is 0 Å². The Morgan fingerprint density at radius 2 is 1.56 bits per heavy atom. The Hall–Kier alpha value is -2.11. The van der Waals surface area contributed by atoms with Gasteiger partial charge in [-0.3, -0.25) is 4.72 Å². The number of benzene rings is 2. The van der Waals surface area contributed by atoms with Gasteiger partial charge in [0.25, 0.3) is 10.0 Å². The summed E-state index contributed by atoms with van der Waals surface area (Å²) in [5.41, 5.74) is -0.682. The van der Waals surface area contributed by atoms with Crippen molar-refractivity contribution in [3.8, 4) is 0 Å². The molecule has 0 fully saturated rings. The van der Waals surface area contributed by atoms with E-state index in [-0.39, 0.29) is 5.69 Å². The summed E-state index contributed by atoms with van der Waals surface area (Å²) in [6, 6.07) is 8.57.